The Balaban J connectivity index is 2.19. The van der Waals surface area contributed by atoms with E-state index in [2.05, 4.69) is 10.6 Å². The molecule has 0 fully saturated rings. The van der Waals surface area contributed by atoms with Crippen LogP contribution in [0.2, 0.25) is 0 Å². The zero-order chi connectivity index (χ0) is 10.9. The van der Waals surface area contributed by atoms with Gasteiger partial charge in [0.05, 0.1) is 0 Å². The molecule has 1 aromatic rings. The second-order valence-corrected chi connectivity index (χ2v) is 3.14. The van der Waals surface area contributed by atoms with Crippen LogP contribution in [0.25, 0.3) is 0 Å². The molecule has 0 heterocycles. The summed E-state index contributed by atoms with van der Waals surface area (Å²) in [7, 11) is 0. The van der Waals surface area contributed by atoms with Crippen molar-refractivity contribution in [2.75, 3.05) is 6.54 Å². The molecule has 0 unspecified atom stereocenters. The van der Waals surface area contributed by atoms with Gasteiger partial charge in [0, 0.05) is 12.7 Å². The largest absolute Gasteiger partial charge is 0.338 e. The molecule has 1 aromatic carbocycles. The van der Waals surface area contributed by atoms with Crippen LogP contribution >= 0.6 is 0 Å². The molecule has 0 saturated carbocycles. The van der Waals surface area contributed by atoms with Gasteiger partial charge in [0.25, 0.3) is 0 Å². The molecule has 0 saturated heterocycles. The zero-order valence-electron chi connectivity index (χ0n) is 8.86. The summed E-state index contributed by atoms with van der Waals surface area (Å²) in [5.74, 6) is 0. The number of hydrogen-bond donors (Lipinski definition) is 2. The van der Waals surface area contributed by atoms with Crippen molar-refractivity contribution < 1.29 is 4.79 Å². The number of amides is 2. The Labute approximate surface area is 90.2 Å². The predicted molar refractivity (Wildman–Crippen MR) is 61.5 cm³/mol. The van der Waals surface area contributed by atoms with Crippen LogP contribution in [0, 0.1) is 0 Å². The van der Waals surface area contributed by atoms with Crippen LogP contribution in [0.5, 0.6) is 0 Å². The molecule has 80 valence electrons. The minimum absolute atomic E-state index is 0.163. The van der Waals surface area contributed by atoms with E-state index < -0.39 is 0 Å². The van der Waals surface area contributed by atoms with Crippen molar-refractivity contribution in [2.24, 2.45) is 0 Å². The van der Waals surface area contributed by atoms with Crippen LogP contribution in [-0.4, -0.2) is 12.6 Å². The summed E-state index contributed by atoms with van der Waals surface area (Å²) in [6.07, 6.45) is 4.23. The van der Waals surface area contributed by atoms with Crippen LogP contribution in [0.3, 0.4) is 0 Å². The minimum atomic E-state index is -0.163. The number of hydrogen-bond acceptors (Lipinski definition) is 1. The summed E-state index contributed by atoms with van der Waals surface area (Å²) < 4.78 is 0. The first-order chi connectivity index (χ1) is 7.33. The Morgan fingerprint density at radius 2 is 2.07 bits per heavy atom. The van der Waals surface area contributed by atoms with Crippen LogP contribution < -0.4 is 10.6 Å². The second kappa shape index (κ2) is 6.65. The molecule has 3 nitrogen and oxygen atoms in total. The first kappa shape index (κ1) is 11.3. The average molecular weight is 204 g/mol. The summed E-state index contributed by atoms with van der Waals surface area (Å²) in [6.45, 7) is 2.50. The van der Waals surface area contributed by atoms with Gasteiger partial charge in [0.2, 0.25) is 0 Å². The Bertz CT molecular complexity index is 320. The summed E-state index contributed by atoms with van der Waals surface area (Å²) >= 11 is 0. The highest BCUT2D eigenvalue weighted by molar-refractivity contribution is 5.74. The third-order valence-corrected chi connectivity index (χ3v) is 1.92. The van der Waals surface area contributed by atoms with Gasteiger partial charge in [-0.15, -0.1) is 0 Å². The average Bonchev–Trinajstić information content (AvgIpc) is 2.28. The Hall–Kier alpha value is -1.77. The number of carbonyl (C=O) groups is 1. The van der Waals surface area contributed by atoms with Gasteiger partial charge in [-0.2, -0.15) is 0 Å². The van der Waals surface area contributed by atoms with E-state index in [9.17, 15) is 4.79 Å². The van der Waals surface area contributed by atoms with Crippen molar-refractivity contribution in [2.45, 2.75) is 13.3 Å². The maximum atomic E-state index is 11.1. The first-order valence-electron chi connectivity index (χ1n) is 5.02. The molecule has 0 spiro atoms. The number of nitrogens with one attached hydrogen (secondary N) is 2. The monoisotopic (exact) mass is 204 g/mol. The fourth-order valence-electron chi connectivity index (χ4n) is 1.18. The highest BCUT2D eigenvalue weighted by atomic mass is 16.2. The van der Waals surface area contributed by atoms with Gasteiger partial charge in [0.15, 0.2) is 0 Å². The summed E-state index contributed by atoms with van der Waals surface area (Å²) in [5.41, 5.74) is 1.23. The lowest BCUT2D eigenvalue weighted by Crippen LogP contribution is -2.33. The maximum Gasteiger partial charge on any atom is 0.318 e. The fraction of sp³-hybridized carbons (Fsp3) is 0.250. The van der Waals surface area contributed by atoms with Gasteiger partial charge >= 0.3 is 6.03 Å². The Kier molecular flexibility index (Phi) is 5.01. The van der Waals surface area contributed by atoms with Crippen LogP contribution in [0.15, 0.2) is 42.6 Å². The van der Waals surface area contributed by atoms with Crippen molar-refractivity contribution in [1.82, 2.24) is 10.6 Å². The van der Waals surface area contributed by atoms with Gasteiger partial charge in [-0.25, -0.2) is 4.79 Å². The van der Waals surface area contributed by atoms with Crippen molar-refractivity contribution in [3.05, 3.63) is 48.2 Å². The Morgan fingerprint density at radius 3 is 2.73 bits per heavy atom. The topological polar surface area (TPSA) is 41.1 Å². The molecule has 0 aliphatic rings. The molecular formula is C12H16N2O. The van der Waals surface area contributed by atoms with Gasteiger partial charge in [-0.05, 0) is 18.9 Å². The van der Waals surface area contributed by atoms with Crippen LogP contribution in [0.1, 0.15) is 12.5 Å². The van der Waals surface area contributed by atoms with E-state index in [1.807, 2.05) is 37.3 Å². The van der Waals surface area contributed by atoms with E-state index in [0.29, 0.717) is 6.54 Å². The summed E-state index contributed by atoms with van der Waals surface area (Å²) in [5, 5.41) is 5.35. The van der Waals surface area contributed by atoms with E-state index in [0.717, 1.165) is 6.42 Å². The predicted octanol–water partition coefficient (Wildman–Crippen LogP) is 2.06. The van der Waals surface area contributed by atoms with Crippen molar-refractivity contribution in [3.63, 3.8) is 0 Å². The van der Waals surface area contributed by atoms with E-state index in [-0.39, 0.29) is 6.03 Å². The second-order valence-electron chi connectivity index (χ2n) is 3.14. The molecule has 0 aromatic heterocycles. The van der Waals surface area contributed by atoms with Gasteiger partial charge in [-0.1, -0.05) is 36.4 Å². The molecule has 0 radical (unpaired) electrons. The van der Waals surface area contributed by atoms with E-state index in [4.69, 9.17) is 0 Å². The SMILES string of the molecule is C/C=C/NC(=O)NCCc1ccccc1. The maximum absolute atomic E-state index is 11.1. The first-order valence-corrected chi connectivity index (χ1v) is 5.02. The molecular weight excluding hydrogens is 188 g/mol. The third kappa shape index (κ3) is 4.86. The van der Waals surface area contributed by atoms with Crippen molar-refractivity contribution >= 4 is 6.03 Å². The lowest BCUT2D eigenvalue weighted by molar-refractivity contribution is 0.244. The number of benzene rings is 1. The fourth-order valence-corrected chi connectivity index (χ4v) is 1.18. The standard InChI is InChI=1S/C12H16N2O/c1-2-9-13-12(15)14-10-8-11-6-4-3-5-7-11/h2-7,9H,8,10H2,1H3,(H2,13,14,15)/b9-2+. The Morgan fingerprint density at radius 1 is 1.33 bits per heavy atom. The lowest BCUT2D eigenvalue weighted by Gasteiger charge is -2.04. The molecule has 0 aliphatic heterocycles. The number of urea groups is 1. The summed E-state index contributed by atoms with van der Waals surface area (Å²) in [4.78, 5) is 11.1. The minimum Gasteiger partial charge on any atom is -0.338 e. The quantitative estimate of drug-likeness (QED) is 0.774. The van der Waals surface area contributed by atoms with E-state index in [1.54, 1.807) is 12.3 Å². The summed E-state index contributed by atoms with van der Waals surface area (Å²) in [6, 6.07) is 9.90. The molecule has 3 heteroatoms. The number of carbonyl (C=O) groups excluding carboxylic acids is 1. The molecule has 15 heavy (non-hydrogen) atoms. The number of allylic oxidation sites excluding steroid dienone is 1. The smallest absolute Gasteiger partial charge is 0.318 e. The molecule has 0 aliphatic carbocycles. The van der Waals surface area contributed by atoms with Crippen molar-refractivity contribution in [3.8, 4) is 0 Å². The molecule has 1 rings (SSSR count). The van der Waals surface area contributed by atoms with Crippen LogP contribution in [0.4, 0.5) is 4.79 Å². The normalized spacial score (nSPS) is 10.2. The van der Waals surface area contributed by atoms with E-state index >= 15 is 0 Å². The van der Waals surface area contributed by atoms with Gasteiger partial charge in [-0.3, -0.25) is 0 Å². The number of rotatable bonds is 4. The van der Waals surface area contributed by atoms with Gasteiger partial charge in [0.1, 0.15) is 0 Å². The highest BCUT2D eigenvalue weighted by Crippen LogP contribution is 1.97. The highest BCUT2D eigenvalue weighted by Gasteiger charge is 1.96. The molecule has 0 atom stereocenters. The lowest BCUT2D eigenvalue weighted by atomic mass is 10.1. The third-order valence-electron chi connectivity index (χ3n) is 1.92. The zero-order valence-corrected chi connectivity index (χ0v) is 8.86. The van der Waals surface area contributed by atoms with Crippen molar-refractivity contribution in [1.29, 1.82) is 0 Å². The van der Waals surface area contributed by atoms with Crippen LogP contribution in [-0.2, 0) is 6.42 Å². The molecule has 2 amide bonds. The molecule has 2 N–H and O–H groups in total. The van der Waals surface area contributed by atoms with E-state index in [1.165, 1.54) is 5.56 Å². The molecule has 0 bridgehead atoms. The van der Waals surface area contributed by atoms with Gasteiger partial charge < -0.3 is 10.6 Å².